The van der Waals surface area contributed by atoms with E-state index in [0.717, 1.165) is 16.4 Å². The van der Waals surface area contributed by atoms with Crippen molar-refractivity contribution in [2.45, 2.75) is 76.7 Å². The van der Waals surface area contributed by atoms with Gasteiger partial charge in [0.1, 0.15) is 18.0 Å². The molecule has 0 spiro atoms. The minimum Gasteiger partial charge on any atom is -0.482 e. The van der Waals surface area contributed by atoms with Crippen LogP contribution in [0.5, 0.6) is 5.75 Å². The Balaban J connectivity index is 2.31. The molecule has 0 saturated carbocycles. The first-order chi connectivity index (χ1) is 17.8. The maximum atomic E-state index is 13.4. The fourth-order valence-electron chi connectivity index (χ4n) is 4.20. The summed E-state index contributed by atoms with van der Waals surface area (Å²) in [6, 6.07) is 6.80. The summed E-state index contributed by atoms with van der Waals surface area (Å²) in [4.78, 5) is 28.0. The van der Waals surface area contributed by atoms with E-state index in [2.05, 4.69) is 34.5 Å². The second-order valence-corrected chi connectivity index (χ2v) is 10.5. The summed E-state index contributed by atoms with van der Waals surface area (Å²) in [5, 5.41) is 23.3. The zero-order chi connectivity index (χ0) is 27.2. The first-order valence-corrected chi connectivity index (χ1v) is 14.1. The summed E-state index contributed by atoms with van der Waals surface area (Å²) in [5.74, 6) is 0.179. The number of carbonyl (C=O) groups is 2. The normalized spacial score (nSPS) is 19.3. The molecule has 2 rings (SSSR count). The molecule has 8 nitrogen and oxygen atoms in total. The van der Waals surface area contributed by atoms with Crippen molar-refractivity contribution in [1.29, 1.82) is 0 Å². The van der Waals surface area contributed by atoms with Gasteiger partial charge in [0.2, 0.25) is 11.8 Å². The van der Waals surface area contributed by atoms with E-state index in [1.54, 1.807) is 11.0 Å². The van der Waals surface area contributed by atoms with Gasteiger partial charge in [0.05, 0.1) is 22.3 Å². The number of rotatable bonds is 16. The topological polar surface area (TPSA) is 108 Å². The zero-order valence-corrected chi connectivity index (χ0v) is 24.1. The Hall–Kier alpha value is -1.95. The molecule has 1 aromatic rings. The molecule has 0 aromatic heterocycles. The highest BCUT2D eigenvalue weighted by Crippen LogP contribution is 2.30. The van der Waals surface area contributed by atoms with E-state index in [1.807, 2.05) is 44.2 Å². The number of amides is 2. The zero-order valence-electron chi connectivity index (χ0n) is 21.9. The van der Waals surface area contributed by atoms with Crippen molar-refractivity contribution in [2.24, 2.45) is 0 Å². The van der Waals surface area contributed by atoms with Crippen LogP contribution in [0.15, 0.2) is 48.6 Å². The van der Waals surface area contributed by atoms with Gasteiger partial charge < -0.3 is 29.9 Å². The standard InChI is InChI=1S/C28H41IN2O6/c1-4-5-6-7-13-26(33)31(15-10-17-36-20(2)3)23-18-21(28(35)30-14-16-32)19-25(27(23)34)37-24-12-9-8-11-22(24)29/h4,8-9,11-12,19-20,23,25,27,32,34H,1,5-7,10,13-18H2,2-3H3,(H,30,35)/t23-,25+,27+/m1/s1. The average molecular weight is 629 g/mol. The largest absolute Gasteiger partial charge is 0.482 e. The third-order valence-electron chi connectivity index (χ3n) is 6.08. The van der Waals surface area contributed by atoms with Crippen molar-refractivity contribution in [3.8, 4) is 5.75 Å². The number of aliphatic hydroxyl groups excluding tert-OH is 2. The Kier molecular flexibility index (Phi) is 14.2. The Labute approximate surface area is 234 Å². The number of hydrogen-bond donors (Lipinski definition) is 3. The van der Waals surface area contributed by atoms with E-state index < -0.39 is 18.2 Å². The molecule has 2 amide bonds. The van der Waals surface area contributed by atoms with Crippen LogP contribution in [0.3, 0.4) is 0 Å². The highest BCUT2D eigenvalue weighted by molar-refractivity contribution is 14.1. The molecule has 0 bridgehead atoms. The van der Waals surface area contributed by atoms with Crippen LogP contribution in [0.25, 0.3) is 0 Å². The number of ether oxygens (including phenoxy) is 2. The molecule has 0 fully saturated rings. The molecule has 37 heavy (non-hydrogen) atoms. The monoisotopic (exact) mass is 628 g/mol. The van der Waals surface area contributed by atoms with Crippen molar-refractivity contribution in [2.75, 3.05) is 26.3 Å². The minimum absolute atomic E-state index is 0.0669. The number of allylic oxidation sites excluding steroid dienone is 1. The van der Waals surface area contributed by atoms with Gasteiger partial charge in [-0.15, -0.1) is 6.58 Å². The summed E-state index contributed by atoms with van der Waals surface area (Å²) in [6.45, 7) is 8.48. The van der Waals surface area contributed by atoms with Crippen LogP contribution in [0.2, 0.25) is 0 Å². The number of para-hydroxylation sites is 1. The number of nitrogens with one attached hydrogen (secondary N) is 1. The Bertz CT molecular complexity index is 906. The van der Waals surface area contributed by atoms with Crippen molar-refractivity contribution < 1.29 is 29.3 Å². The van der Waals surface area contributed by atoms with Gasteiger partial charge in [0.25, 0.3) is 0 Å². The molecular formula is C28H41IN2O6. The van der Waals surface area contributed by atoms with Crippen LogP contribution in [0, 0.1) is 3.57 Å². The fourth-order valence-corrected chi connectivity index (χ4v) is 4.72. The average Bonchev–Trinajstić information content (AvgIpc) is 2.87. The van der Waals surface area contributed by atoms with E-state index in [9.17, 15) is 14.7 Å². The number of benzene rings is 1. The maximum absolute atomic E-state index is 13.4. The minimum atomic E-state index is -1.03. The van der Waals surface area contributed by atoms with Gasteiger partial charge in [-0.1, -0.05) is 18.2 Å². The van der Waals surface area contributed by atoms with Crippen LogP contribution >= 0.6 is 22.6 Å². The molecule has 0 unspecified atom stereocenters. The van der Waals surface area contributed by atoms with E-state index in [0.29, 0.717) is 43.7 Å². The number of hydrogen-bond acceptors (Lipinski definition) is 6. The molecule has 0 aliphatic heterocycles. The lowest BCUT2D eigenvalue weighted by molar-refractivity contribution is -0.139. The van der Waals surface area contributed by atoms with Gasteiger partial charge in [-0.05, 0) is 80.3 Å². The van der Waals surface area contributed by atoms with E-state index in [4.69, 9.17) is 14.6 Å². The van der Waals surface area contributed by atoms with E-state index >= 15 is 0 Å². The fraction of sp³-hybridized carbons (Fsp3) is 0.571. The van der Waals surface area contributed by atoms with Crippen LogP contribution < -0.4 is 10.1 Å². The molecule has 0 saturated heterocycles. The molecule has 206 valence electrons. The number of aliphatic hydroxyl groups is 2. The molecular weight excluding hydrogens is 587 g/mol. The molecule has 3 N–H and O–H groups in total. The lowest BCUT2D eigenvalue weighted by Gasteiger charge is -2.40. The van der Waals surface area contributed by atoms with Gasteiger partial charge >= 0.3 is 0 Å². The van der Waals surface area contributed by atoms with Crippen LogP contribution in [0.1, 0.15) is 52.4 Å². The summed E-state index contributed by atoms with van der Waals surface area (Å²) in [5.41, 5.74) is 0.419. The van der Waals surface area contributed by atoms with Gasteiger partial charge in [-0.3, -0.25) is 9.59 Å². The predicted molar refractivity (Wildman–Crippen MR) is 152 cm³/mol. The number of halogens is 1. The third kappa shape index (κ3) is 10.4. The van der Waals surface area contributed by atoms with Gasteiger partial charge in [-0.25, -0.2) is 0 Å². The Morgan fingerprint density at radius 2 is 2.03 bits per heavy atom. The smallest absolute Gasteiger partial charge is 0.247 e. The lowest BCUT2D eigenvalue weighted by Crippen LogP contribution is -2.55. The molecule has 3 atom stereocenters. The van der Waals surface area contributed by atoms with Crippen molar-refractivity contribution in [3.63, 3.8) is 0 Å². The number of carbonyl (C=O) groups excluding carboxylic acids is 2. The molecule has 0 heterocycles. The first-order valence-electron chi connectivity index (χ1n) is 13.0. The second kappa shape index (κ2) is 16.8. The lowest BCUT2D eigenvalue weighted by atomic mass is 9.87. The van der Waals surface area contributed by atoms with Crippen LogP contribution in [-0.2, 0) is 14.3 Å². The Morgan fingerprint density at radius 3 is 2.70 bits per heavy atom. The van der Waals surface area contributed by atoms with Crippen molar-refractivity contribution >= 4 is 34.4 Å². The SMILES string of the molecule is C=CCCCCC(=O)N(CCCOC(C)C)[C@@H]1CC(C(=O)NCCO)=C[C@H](Oc2ccccc2I)[C@H]1O. The summed E-state index contributed by atoms with van der Waals surface area (Å²) in [7, 11) is 0. The van der Waals surface area contributed by atoms with Crippen molar-refractivity contribution in [3.05, 3.63) is 52.1 Å². The van der Waals surface area contributed by atoms with Gasteiger partial charge in [0, 0.05) is 38.1 Å². The maximum Gasteiger partial charge on any atom is 0.247 e. The summed E-state index contributed by atoms with van der Waals surface area (Å²) >= 11 is 2.16. The quantitative estimate of drug-likeness (QED) is 0.147. The summed E-state index contributed by atoms with van der Waals surface area (Å²) in [6.07, 6.45) is 5.25. The number of unbranched alkanes of at least 4 members (excludes halogenated alkanes) is 2. The van der Waals surface area contributed by atoms with E-state index in [1.165, 1.54) is 0 Å². The van der Waals surface area contributed by atoms with Gasteiger partial charge in [0.15, 0.2) is 0 Å². The highest BCUT2D eigenvalue weighted by atomic mass is 127. The van der Waals surface area contributed by atoms with E-state index in [-0.39, 0.29) is 37.5 Å². The molecule has 0 radical (unpaired) electrons. The molecule has 9 heteroatoms. The first kappa shape index (κ1) is 31.3. The Morgan fingerprint density at radius 1 is 1.27 bits per heavy atom. The third-order valence-corrected chi connectivity index (χ3v) is 6.97. The second-order valence-electron chi connectivity index (χ2n) is 9.34. The molecule has 1 aliphatic rings. The van der Waals surface area contributed by atoms with Crippen LogP contribution in [0.4, 0.5) is 0 Å². The van der Waals surface area contributed by atoms with Crippen molar-refractivity contribution in [1.82, 2.24) is 10.2 Å². The summed E-state index contributed by atoms with van der Waals surface area (Å²) < 4.78 is 12.7. The predicted octanol–water partition coefficient (Wildman–Crippen LogP) is 3.60. The highest BCUT2D eigenvalue weighted by Gasteiger charge is 2.40. The number of nitrogens with zero attached hydrogens (tertiary/aromatic N) is 1. The molecule has 1 aromatic carbocycles. The van der Waals surface area contributed by atoms with Gasteiger partial charge in [-0.2, -0.15) is 0 Å². The van der Waals surface area contributed by atoms with Crippen LogP contribution in [-0.4, -0.2) is 77.6 Å². The molecule has 1 aliphatic carbocycles.